The topological polar surface area (TPSA) is 26.0 Å². The highest BCUT2D eigenvalue weighted by atomic mass is 14.7. The van der Waals surface area contributed by atoms with Crippen molar-refractivity contribution in [3.8, 4) is 0 Å². The summed E-state index contributed by atoms with van der Waals surface area (Å²) >= 11 is 0. The first-order chi connectivity index (χ1) is 6.75. The zero-order valence-corrected chi connectivity index (χ0v) is 9.97. The molecule has 2 N–H and O–H groups in total. The standard InChI is InChI=1S/C13H27N/c1-3-8-11(2)13(14)12-9-6-4-5-7-10-12/h11-13H,3-10,14H2,1-2H3. The maximum atomic E-state index is 6.35. The molecule has 1 fully saturated rings. The summed E-state index contributed by atoms with van der Waals surface area (Å²) in [6, 6.07) is 0.466. The van der Waals surface area contributed by atoms with Crippen LogP contribution >= 0.6 is 0 Å². The van der Waals surface area contributed by atoms with Crippen LogP contribution in [-0.4, -0.2) is 6.04 Å². The van der Waals surface area contributed by atoms with Crippen LogP contribution in [0.3, 0.4) is 0 Å². The molecule has 1 rings (SSSR count). The van der Waals surface area contributed by atoms with Crippen molar-refractivity contribution in [1.82, 2.24) is 0 Å². The van der Waals surface area contributed by atoms with E-state index in [9.17, 15) is 0 Å². The molecule has 84 valence electrons. The quantitative estimate of drug-likeness (QED) is 0.683. The summed E-state index contributed by atoms with van der Waals surface area (Å²) in [6.07, 6.45) is 11.1. The maximum Gasteiger partial charge on any atom is 0.00929 e. The van der Waals surface area contributed by atoms with E-state index in [2.05, 4.69) is 13.8 Å². The number of rotatable bonds is 4. The molecule has 0 aromatic carbocycles. The van der Waals surface area contributed by atoms with Gasteiger partial charge in [-0.1, -0.05) is 46.0 Å². The highest BCUT2D eigenvalue weighted by Gasteiger charge is 2.23. The molecule has 2 atom stereocenters. The van der Waals surface area contributed by atoms with Gasteiger partial charge in [0.15, 0.2) is 0 Å². The number of nitrogens with two attached hydrogens (primary N) is 1. The van der Waals surface area contributed by atoms with Gasteiger partial charge in [0, 0.05) is 6.04 Å². The van der Waals surface area contributed by atoms with Crippen molar-refractivity contribution in [2.75, 3.05) is 0 Å². The van der Waals surface area contributed by atoms with Crippen LogP contribution in [0.4, 0.5) is 0 Å². The third-order valence-electron chi connectivity index (χ3n) is 3.85. The van der Waals surface area contributed by atoms with Gasteiger partial charge in [-0.2, -0.15) is 0 Å². The van der Waals surface area contributed by atoms with Crippen LogP contribution in [0.25, 0.3) is 0 Å². The van der Waals surface area contributed by atoms with Gasteiger partial charge in [-0.25, -0.2) is 0 Å². The van der Waals surface area contributed by atoms with Crippen LogP contribution in [0.5, 0.6) is 0 Å². The van der Waals surface area contributed by atoms with Crippen molar-refractivity contribution in [1.29, 1.82) is 0 Å². The molecule has 0 aromatic rings. The molecule has 0 spiro atoms. The molecule has 2 unspecified atom stereocenters. The number of hydrogen-bond donors (Lipinski definition) is 1. The molecule has 1 aliphatic carbocycles. The molecule has 0 heterocycles. The fourth-order valence-corrected chi connectivity index (χ4v) is 2.81. The molecule has 1 heteroatoms. The monoisotopic (exact) mass is 197 g/mol. The van der Waals surface area contributed by atoms with E-state index < -0.39 is 0 Å². The Balaban J connectivity index is 2.36. The zero-order valence-electron chi connectivity index (χ0n) is 9.97. The van der Waals surface area contributed by atoms with E-state index in [-0.39, 0.29) is 0 Å². The second-order valence-electron chi connectivity index (χ2n) is 5.09. The van der Waals surface area contributed by atoms with E-state index in [0.29, 0.717) is 6.04 Å². The second kappa shape index (κ2) is 6.44. The average molecular weight is 197 g/mol. The molecule has 0 bridgehead atoms. The molecular formula is C13H27N. The predicted octanol–water partition coefficient (Wildman–Crippen LogP) is 3.72. The van der Waals surface area contributed by atoms with Gasteiger partial charge in [0.05, 0.1) is 0 Å². The molecule has 0 aromatic heterocycles. The maximum absolute atomic E-state index is 6.35. The molecule has 0 aliphatic heterocycles. The fourth-order valence-electron chi connectivity index (χ4n) is 2.81. The summed E-state index contributed by atoms with van der Waals surface area (Å²) in [5.41, 5.74) is 6.35. The second-order valence-corrected chi connectivity index (χ2v) is 5.09. The third-order valence-corrected chi connectivity index (χ3v) is 3.85. The van der Waals surface area contributed by atoms with Crippen molar-refractivity contribution >= 4 is 0 Å². The van der Waals surface area contributed by atoms with Crippen molar-refractivity contribution < 1.29 is 0 Å². The van der Waals surface area contributed by atoms with E-state index in [1.54, 1.807) is 0 Å². The predicted molar refractivity (Wildman–Crippen MR) is 63.2 cm³/mol. The fraction of sp³-hybridized carbons (Fsp3) is 1.00. The van der Waals surface area contributed by atoms with E-state index in [1.165, 1.54) is 51.4 Å². The largest absolute Gasteiger partial charge is 0.327 e. The Labute approximate surface area is 89.5 Å². The van der Waals surface area contributed by atoms with Crippen molar-refractivity contribution in [3.05, 3.63) is 0 Å². The van der Waals surface area contributed by atoms with Crippen molar-refractivity contribution in [2.24, 2.45) is 17.6 Å². The molecule has 1 saturated carbocycles. The first-order valence-electron chi connectivity index (χ1n) is 6.51. The van der Waals surface area contributed by atoms with Gasteiger partial charge in [0.1, 0.15) is 0 Å². The molecule has 0 amide bonds. The van der Waals surface area contributed by atoms with Gasteiger partial charge in [0.2, 0.25) is 0 Å². The van der Waals surface area contributed by atoms with Crippen LogP contribution < -0.4 is 5.73 Å². The summed E-state index contributed by atoms with van der Waals surface area (Å²) in [6.45, 7) is 4.59. The summed E-state index contributed by atoms with van der Waals surface area (Å²) in [5, 5.41) is 0. The minimum atomic E-state index is 0.466. The SMILES string of the molecule is CCCC(C)C(N)C1CCCCCC1. The lowest BCUT2D eigenvalue weighted by molar-refractivity contribution is 0.284. The minimum absolute atomic E-state index is 0.466. The highest BCUT2D eigenvalue weighted by Crippen LogP contribution is 2.28. The lowest BCUT2D eigenvalue weighted by Gasteiger charge is -2.27. The Morgan fingerprint density at radius 3 is 2.21 bits per heavy atom. The van der Waals surface area contributed by atoms with Gasteiger partial charge in [-0.15, -0.1) is 0 Å². The van der Waals surface area contributed by atoms with Crippen molar-refractivity contribution in [2.45, 2.75) is 71.3 Å². The normalized spacial score (nSPS) is 24.2. The Kier molecular flexibility index (Phi) is 5.54. The number of hydrogen-bond acceptors (Lipinski definition) is 1. The van der Waals surface area contributed by atoms with Crippen LogP contribution in [-0.2, 0) is 0 Å². The molecule has 0 radical (unpaired) electrons. The summed E-state index contributed by atoms with van der Waals surface area (Å²) in [4.78, 5) is 0. The van der Waals surface area contributed by atoms with Gasteiger partial charge in [-0.3, -0.25) is 0 Å². The Morgan fingerprint density at radius 2 is 1.71 bits per heavy atom. The molecular weight excluding hydrogens is 170 g/mol. The Hall–Kier alpha value is -0.0400. The molecule has 14 heavy (non-hydrogen) atoms. The molecule has 1 nitrogen and oxygen atoms in total. The first-order valence-corrected chi connectivity index (χ1v) is 6.51. The summed E-state index contributed by atoms with van der Waals surface area (Å²) in [5.74, 6) is 1.54. The van der Waals surface area contributed by atoms with Gasteiger partial charge in [0.25, 0.3) is 0 Å². The lowest BCUT2D eigenvalue weighted by atomic mass is 9.83. The van der Waals surface area contributed by atoms with E-state index in [4.69, 9.17) is 5.73 Å². The summed E-state index contributed by atoms with van der Waals surface area (Å²) in [7, 11) is 0. The Morgan fingerprint density at radius 1 is 1.14 bits per heavy atom. The lowest BCUT2D eigenvalue weighted by Crippen LogP contribution is -2.36. The van der Waals surface area contributed by atoms with E-state index in [0.717, 1.165) is 11.8 Å². The third kappa shape index (κ3) is 3.61. The summed E-state index contributed by atoms with van der Waals surface area (Å²) < 4.78 is 0. The molecule has 1 aliphatic rings. The van der Waals surface area contributed by atoms with E-state index >= 15 is 0 Å². The molecule has 0 saturated heterocycles. The minimum Gasteiger partial charge on any atom is -0.327 e. The average Bonchev–Trinajstić information content (AvgIpc) is 2.45. The van der Waals surface area contributed by atoms with Crippen LogP contribution in [0, 0.1) is 11.8 Å². The first kappa shape index (κ1) is 12.0. The van der Waals surface area contributed by atoms with Crippen LogP contribution in [0.15, 0.2) is 0 Å². The highest BCUT2D eigenvalue weighted by molar-refractivity contribution is 4.79. The van der Waals surface area contributed by atoms with Crippen molar-refractivity contribution in [3.63, 3.8) is 0 Å². The van der Waals surface area contributed by atoms with Gasteiger partial charge < -0.3 is 5.73 Å². The van der Waals surface area contributed by atoms with Gasteiger partial charge >= 0.3 is 0 Å². The Bertz CT molecular complexity index is 136. The smallest absolute Gasteiger partial charge is 0.00929 e. The van der Waals surface area contributed by atoms with Gasteiger partial charge in [-0.05, 0) is 31.1 Å². The van der Waals surface area contributed by atoms with Crippen LogP contribution in [0.1, 0.15) is 65.2 Å². The van der Waals surface area contributed by atoms with Crippen LogP contribution in [0.2, 0.25) is 0 Å². The zero-order chi connectivity index (χ0) is 10.4. The van der Waals surface area contributed by atoms with E-state index in [1.807, 2.05) is 0 Å².